The van der Waals surface area contributed by atoms with Gasteiger partial charge in [0.25, 0.3) is 11.1 Å². The van der Waals surface area contributed by atoms with Crippen molar-refractivity contribution in [1.29, 1.82) is 0 Å². The number of carboxylic acid groups (broad SMARTS) is 1. The first-order valence-corrected chi connectivity index (χ1v) is 6.45. The number of aliphatic carboxylic acids is 1. The van der Waals surface area contributed by atoms with Gasteiger partial charge in [0.15, 0.2) is 6.61 Å². The number of carboxylic acids is 1. The van der Waals surface area contributed by atoms with Crippen LogP contribution in [0.4, 0.5) is 4.79 Å². The van der Waals surface area contributed by atoms with Gasteiger partial charge in [-0.2, -0.15) is 0 Å². The maximum atomic E-state index is 11.7. The highest BCUT2D eigenvalue weighted by Gasteiger charge is 2.31. The van der Waals surface area contributed by atoms with Crippen molar-refractivity contribution in [2.24, 2.45) is 0 Å². The Morgan fingerprint density at radius 3 is 2.50 bits per heavy atom. The molecule has 0 aliphatic carbocycles. The molecule has 0 spiro atoms. The van der Waals surface area contributed by atoms with Crippen molar-refractivity contribution in [3.8, 4) is 5.75 Å². The summed E-state index contributed by atoms with van der Waals surface area (Å²) in [6.07, 6.45) is 1.61. The lowest BCUT2D eigenvalue weighted by Crippen LogP contribution is -2.22. The molecular weight excluding hydrogens is 282 g/mol. The van der Waals surface area contributed by atoms with Gasteiger partial charge in [0.05, 0.1) is 4.91 Å². The predicted octanol–water partition coefficient (Wildman–Crippen LogP) is 1.82. The SMILES string of the molecule is CN1C(=O)S/C(=C\c2ccc(OCC(=O)O)cc2)C1=O. The van der Waals surface area contributed by atoms with E-state index in [2.05, 4.69) is 0 Å². The zero-order valence-electron chi connectivity index (χ0n) is 10.5. The van der Waals surface area contributed by atoms with Crippen LogP contribution >= 0.6 is 11.8 Å². The summed E-state index contributed by atoms with van der Waals surface area (Å²) in [5.74, 6) is -0.954. The quantitative estimate of drug-likeness (QED) is 0.852. The Labute approximate surface area is 119 Å². The molecule has 1 heterocycles. The summed E-state index contributed by atoms with van der Waals surface area (Å²) >= 11 is 0.885. The second-order valence-corrected chi connectivity index (χ2v) is 4.99. The number of imide groups is 1. The number of benzene rings is 1. The number of thioether (sulfide) groups is 1. The summed E-state index contributed by atoms with van der Waals surface area (Å²) < 4.78 is 4.99. The second kappa shape index (κ2) is 5.79. The van der Waals surface area contributed by atoms with Crippen LogP contribution in [0.5, 0.6) is 5.75 Å². The van der Waals surface area contributed by atoms with Crippen LogP contribution in [0, 0.1) is 0 Å². The number of carbonyl (C=O) groups is 3. The molecule has 1 aliphatic heterocycles. The van der Waals surface area contributed by atoms with Crippen LogP contribution in [-0.2, 0) is 9.59 Å². The number of hydrogen-bond donors (Lipinski definition) is 1. The molecule has 6 nitrogen and oxygen atoms in total. The Morgan fingerprint density at radius 1 is 1.35 bits per heavy atom. The summed E-state index contributed by atoms with van der Waals surface area (Å²) in [4.78, 5) is 34.8. The van der Waals surface area contributed by atoms with Crippen molar-refractivity contribution in [1.82, 2.24) is 4.90 Å². The summed E-state index contributed by atoms with van der Waals surface area (Å²) in [5.41, 5.74) is 0.728. The maximum Gasteiger partial charge on any atom is 0.341 e. The molecule has 2 amide bonds. The van der Waals surface area contributed by atoms with Gasteiger partial charge in [-0.15, -0.1) is 0 Å². The third kappa shape index (κ3) is 3.18. The molecule has 0 bridgehead atoms. The molecule has 1 aromatic rings. The first-order valence-electron chi connectivity index (χ1n) is 5.63. The van der Waals surface area contributed by atoms with E-state index in [0.717, 1.165) is 22.2 Å². The molecule has 104 valence electrons. The summed E-state index contributed by atoms with van der Waals surface area (Å²) in [6.45, 7) is -0.409. The Kier molecular flexibility index (Phi) is 4.09. The van der Waals surface area contributed by atoms with E-state index in [4.69, 9.17) is 9.84 Å². The monoisotopic (exact) mass is 293 g/mol. The molecule has 1 saturated heterocycles. The van der Waals surface area contributed by atoms with Gasteiger partial charge in [0, 0.05) is 7.05 Å². The highest BCUT2D eigenvalue weighted by atomic mass is 32.2. The van der Waals surface area contributed by atoms with Crippen molar-refractivity contribution >= 4 is 35.0 Å². The number of nitrogens with zero attached hydrogens (tertiary/aromatic N) is 1. The summed E-state index contributed by atoms with van der Waals surface area (Å²) in [6, 6.07) is 6.57. The minimum Gasteiger partial charge on any atom is -0.482 e. The third-order valence-electron chi connectivity index (χ3n) is 2.53. The highest BCUT2D eigenvalue weighted by molar-refractivity contribution is 8.18. The van der Waals surface area contributed by atoms with E-state index in [1.54, 1.807) is 30.3 Å². The third-order valence-corrected chi connectivity index (χ3v) is 3.49. The van der Waals surface area contributed by atoms with Gasteiger partial charge in [-0.1, -0.05) is 12.1 Å². The number of rotatable bonds is 4. The van der Waals surface area contributed by atoms with Crippen LogP contribution in [-0.4, -0.2) is 40.8 Å². The molecule has 1 fully saturated rings. The molecule has 1 aliphatic rings. The smallest absolute Gasteiger partial charge is 0.341 e. The fourth-order valence-electron chi connectivity index (χ4n) is 1.50. The summed E-state index contributed by atoms with van der Waals surface area (Å²) in [5, 5.41) is 8.18. The molecule has 0 atom stereocenters. The first kappa shape index (κ1) is 14.1. The Bertz CT molecular complexity index is 593. The van der Waals surface area contributed by atoms with E-state index >= 15 is 0 Å². The van der Waals surface area contributed by atoms with Crippen LogP contribution in [0.1, 0.15) is 5.56 Å². The topological polar surface area (TPSA) is 83.9 Å². The van der Waals surface area contributed by atoms with Gasteiger partial charge < -0.3 is 9.84 Å². The molecule has 1 aromatic carbocycles. The van der Waals surface area contributed by atoms with Gasteiger partial charge in [-0.05, 0) is 35.5 Å². The number of carbonyl (C=O) groups excluding carboxylic acids is 2. The van der Waals surface area contributed by atoms with Crippen molar-refractivity contribution in [2.45, 2.75) is 0 Å². The van der Waals surface area contributed by atoms with Crippen LogP contribution in [0.25, 0.3) is 6.08 Å². The van der Waals surface area contributed by atoms with Crippen LogP contribution in [0.2, 0.25) is 0 Å². The molecule has 20 heavy (non-hydrogen) atoms. The lowest BCUT2D eigenvalue weighted by molar-refractivity contribution is -0.139. The van der Waals surface area contributed by atoms with E-state index in [1.165, 1.54) is 7.05 Å². The van der Waals surface area contributed by atoms with Crippen molar-refractivity contribution in [2.75, 3.05) is 13.7 Å². The van der Waals surface area contributed by atoms with Gasteiger partial charge in [0.1, 0.15) is 5.75 Å². The zero-order chi connectivity index (χ0) is 14.7. The predicted molar refractivity (Wildman–Crippen MR) is 73.3 cm³/mol. The van der Waals surface area contributed by atoms with Crippen LogP contribution < -0.4 is 4.74 Å². The summed E-state index contributed by atoms with van der Waals surface area (Å²) in [7, 11) is 1.43. The molecule has 0 radical (unpaired) electrons. The van der Waals surface area contributed by atoms with Crippen LogP contribution in [0.3, 0.4) is 0 Å². The number of amides is 2. The van der Waals surface area contributed by atoms with Crippen LogP contribution in [0.15, 0.2) is 29.2 Å². The maximum absolute atomic E-state index is 11.7. The van der Waals surface area contributed by atoms with Crippen molar-refractivity contribution < 1.29 is 24.2 Å². The van der Waals surface area contributed by atoms with E-state index in [9.17, 15) is 14.4 Å². The van der Waals surface area contributed by atoms with E-state index in [1.807, 2.05) is 0 Å². The van der Waals surface area contributed by atoms with Crippen molar-refractivity contribution in [3.63, 3.8) is 0 Å². The van der Waals surface area contributed by atoms with Gasteiger partial charge in [0.2, 0.25) is 0 Å². The molecule has 0 unspecified atom stereocenters. The normalized spacial score (nSPS) is 16.9. The molecule has 0 aromatic heterocycles. The molecule has 2 rings (SSSR count). The van der Waals surface area contributed by atoms with E-state index < -0.39 is 12.6 Å². The number of likely N-dealkylation sites (N-methyl/N-ethyl adjacent to an activating group) is 1. The average Bonchev–Trinajstić information content (AvgIpc) is 2.65. The van der Waals surface area contributed by atoms with E-state index in [0.29, 0.717) is 10.7 Å². The second-order valence-electron chi connectivity index (χ2n) is 3.99. The lowest BCUT2D eigenvalue weighted by Gasteiger charge is -2.03. The minimum atomic E-state index is -1.05. The Morgan fingerprint density at radius 2 is 2.00 bits per heavy atom. The Hall–Kier alpha value is -2.28. The lowest BCUT2D eigenvalue weighted by atomic mass is 10.2. The highest BCUT2D eigenvalue weighted by Crippen LogP contribution is 2.31. The van der Waals surface area contributed by atoms with Gasteiger partial charge in [-0.25, -0.2) is 4.79 Å². The molecular formula is C13H11NO5S. The number of hydrogen-bond acceptors (Lipinski definition) is 5. The fourth-order valence-corrected chi connectivity index (χ4v) is 2.33. The standard InChI is InChI=1S/C13H11NO5S/c1-14-12(17)10(20-13(14)18)6-8-2-4-9(5-3-8)19-7-11(15)16/h2-6H,7H2,1H3,(H,15,16)/b10-6-. The fraction of sp³-hybridized carbons (Fsp3) is 0.154. The molecule has 0 saturated carbocycles. The zero-order valence-corrected chi connectivity index (χ0v) is 11.3. The average molecular weight is 293 g/mol. The first-order chi connectivity index (χ1) is 9.47. The molecule has 1 N–H and O–H groups in total. The largest absolute Gasteiger partial charge is 0.482 e. The van der Waals surface area contributed by atoms with Gasteiger partial charge >= 0.3 is 5.97 Å². The van der Waals surface area contributed by atoms with Gasteiger partial charge in [-0.3, -0.25) is 14.5 Å². The number of ether oxygens (including phenoxy) is 1. The molecule has 7 heteroatoms. The van der Waals surface area contributed by atoms with E-state index in [-0.39, 0.29) is 11.1 Å². The Balaban J connectivity index is 2.09. The minimum absolute atomic E-state index is 0.303. The van der Waals surface area contributed by atoms with Crippen molar-refractivity contribution in [3.05, 3.63) is 34.7 Å².